The standard InChI is InChI=1S/C31H29N3O10S/c1-7-43-30(36)26-16(2)32-31-33(27(26)17-12-23(40-4)28(42-6)24(13-17)41-5)29(35)25(45-31)15-19-9-11-21(44-19)20-10-8-18(34(37)38)14-22(20)39-3/h8-15,27H,7H2,1-6H3/b25-15-/t27-/m1/s1. The number of non-ortho nitro benzene ring substituents is 1. The first kappa shape index (κ1) is 31.1. The monoisotopic (exact) mass is 635 g/mol. The van der Waals surface area contributed by atoms with Crippen LogP contribution in [0, 0.1) is 10.1 Å². The molecule has 3 heterocycles. The normalized spacial score (nSPS) is 14.4. The summed E-state index contributed by atoms with van der Waals surface area (Å²) in [4.78, 5) is 43.0. The molecular weight excluding hydrogens is 606 g/mol. The zero-order valence-electron chi connectivity index (χ0n) is 25.2. The van der Waals surface area contributed by atoms with Crippen LogP contribution in [0.5, 0.6) is 23.0 Å². The van der Waals surface area contributed by atoms with Crippen LogP contribution in [0.15, 0.2) is 67.9 Å². The average molecular weight is 636 g/mol. The van der Waals surface area contributed by atoms with Crippen LogP contribution < -0.4 is 33.8 Å². The van der Waals surface area contributed by atoms with Gasteiger partial charge in [0.1, 0.15) is 17.3 Å². The Labute approximate surface area is 260 Å². The van der Waals surface area contributed by atoms with Crippen LogP contribution in [0.4, 0.5) is 5.69 Å². The van der Waals surface area contributed by atoms with Gasteiger partial charge in [-0.05, 0) is 49.7 Å². The Hall–Kier alpha value is -5.37. The fourth-order valence-corrected chi connectivity index (χ4v) is 6.09. The van der Waals surface area contributed by atoms with Gasteiger partial charge in [0.2, 0.25) is 5.75 Å². The number of allylic oxidation sites excluding steroid dienone is 1. The number of esters is 1. The molecule has 4 aromatic rings. The molecule has 13 nitrogen and oxygen atoms in total. The molecule has 1 atom stereocenters. The summed E-state index contributed by atoms with van der Waals surface area (Å²) >= 11 is 1.13. The number of benzene rings is 2. The summed E-state index contributed by atoms with van der Waals surface area (Å²) in [6, 6.07) is 9.97. The number of aromatic nitrogens is 1. The minimum Gasteiger partial charge on any atom is -0.496 e. The lowest BCUT2D eigenvalue weighted by Crippen LogP contribution is -2.40. The number of nitro groups is 1. The van der Waals surface area contributed by atoms with Crippen molar-refractivity contribution >= 4 is 29.1 Å². The molecule has 0 spiro atoms. The Morgan fingerprint density at radius 3 is 2.33 bits per heavy atom. The van der Waals surface area contributed by atoms with Crippen molar-refractivity contribution in [2.24, 2.45) is 4.99 Å². The topological polar surface area (TPSA) is 154 Å². The van der Waals surface area contributed by atoms with Crippen LogP contribution in [-0.4, -0.2) is 50.5 Å². The molecule has 0 bridgehead atoms. The zero-order chi connectivity index (χ0) is 32.4. The molecule has 0 saturated heterocycles. The largest absolute Gasteiger partial charge is 0.496 e. The molecule has 14 heteroatoms. The van der Waals surface area contributed by atoms with E-state index in [1.165, 1.54) is 51.2 Å². The van der Waals surface area contributed by atoms with E-state index in [0.29, 0.717) is 54.9 Å². The van der Waals surface area contributed by atoms with Crippen molar-refractivity contribution in [1.29, 1.82) is 0 Å². The van der Waals surface area contributed by atoms with Gasteiger partial charge >= 0.3 is 5.97 Å². The smallest absolute Gasteiger partial charge is 0.338 e. The highest BCUT2D eigenvalue weighted by Crippen LogP contribution is 2.42. The molecule has 234 valence electrons. The molecule has 0 amide bonds. The van der Waals surface area contributed by atoms with Gasteiger partial charge in [-0.2, -0.15) is 0 Å². The summed E-state index contributed by atoms with van der Waals surface area (Å²) in [5.74, 6) is 1.43. The van der Waals surface area contributed by atoms with Gasteiger partial charge in [-0.15, -0.1) is 0 Å². The Bertz CT molecular complexity index is 2000. The fourth-order valence-electron chi connectivity index (χ4n) is 5.07. The van der Waals surface area contributed by atoms with Crippen molar-refractivity contribution in [3.8, 4) is 34.3 Å². The highest BCUT2D eigenvalue weighted by Gasteiger charge is 2.35. The predicted molar refractivity (Wildman–Crippen MR) is 164 cm³/mol. The summed E-state index contributed by atoms with van der Waals surface area (Å²) in [7, 11) is 5.84. The number of carbonyl (C=O) groups is 1. The Morgan fingerprint density at radius 2 is 1.73 bits per heavy atom. The van der Waals surface area contributed by atoms with E-state index in [-0.39, 0.29) is 23.6 Å². The number of nitro benzene ring substituents is 1. The van der Waals surface area contributed by atoms with Gasteiger partial charge in [0.15, 0.2) is 16.3 Å². The summed E-state index contributed by atoms with van der Waals surface area (Å²) in [5, 5.41) is 11.2. The first-order valence-electron chi connectivity index (χ1n) is 13.6. The van der Waals surface area contributed by atoms with Crippen LogP contribution in [-0.2, 0) is 9.53 Å². The van der Waals surface area contributed by atoms with Gasteiger partial charge in [-0.1, -0.05) is 11.3 Å². The maximum atomic E-state index is 14.0. The molecular formula is C31H29N3O10S. The summed E-state index contributed by atoms with van der Waals surface area (Å²) in [6.45, 7) is 3.51. The van der Waals surface area contributed by atoms with Gasteiger partial charge in [-0.3, -0.25) is 19.5 Å². The second-order valence-corrected chi connectivity index (χ2v) is 10.6. The third-order valence-electron chi connectivity index (χ3n) is 7.08. The van der Waals surface area contributed by atoms with Crippen LogP contribution in [0.2, 0.25) is 0 Å². The van der Waals surface area contributed by atoms with E-state index in [0.717, 1.165) is 11.3 Å². The highest BCUT2D eigenvalue weighted by atomic mass is 32.1. The van der Waals surface area contributed by atoms with Gasteiger partial charge < -0.3 is 28.1 Å². The second-order valence-electron chi connectivity index (χ2n) is 9.60. The van der Waals surface area contributed by atoms with E-state index in [1.54, 1.807) is 44.2 Å². The number of fused-ring (bicyclic) bond motifs is 1. The Balaban J connectivity index is 1.66. The summed E-state index contributed by atoms with van der Waals surface area (Å²) < 4.78 is 35.0. The molecule has 0 aliphatic carbocycles. The predicted octanol–water partition coefficient (Wildman–Crippen LogP) is 4.00. The average Bonchev–Trinajstić information content (AvgIpc) is 3.62. The van der Waals surface area contributed by atoms with Crippen molar-refractivity contribution in [3.63, 3.8) is 0 Å². The van der Waals surface area contributed by atoms with Crippen molar-refractivity contribution in [1.82, 2.24) is 4.57 Å². The molecule has 0 radical (unpaired) electrons. The van der Waals surface area contributed by atoms with Crippen molar-refractivity contribution in [2.75, 3.05) is 35.0 Å². The number of thiazole rings is 1. The molecule has 0 fully saturated rings. The lowest BCUT2D eigenvalue weighted by atomic mass is 9.95. The summed E-state index contributed by atoms with van der Waals surface area (Å²) in [6.07, 6.45) is 1.57. The first-order valence-corrected chi connectivity index (χ1v) is 14.4. The number of ether oxygens (including phenoxy) is 5. The van der Waals surface area contributed by atoms with Crippen molar-refractivity contribution in [3.05, 3.63) is 94.9 Å². The van der Waals surface area contributed by atoms with E-state index in [1.807, 2.05) is 0 Å². The van der Waals surface area contributed by atoms with Crippen molar-refractivity contribution in [2.45, 2.75) is 19.9 Å². The van der Waals surface area contributed by atoms with E-state index < -0.39 is 22.5 Å². The van der Waals surface area contributed by atoms with Crippen molar-refractivity contribution < 1.29 is 37.8 Å². The molecule has 2 aromatic heterocycles. The number of hydrogen-bond acceptors (Lipinski definition) is 12. The number of rotatable bonds is 10. The number of carbonyl (C=O) groups excluding carboxylic acids is 1. The number of nitrogens with zero attached hydrogens (tertiary/aromatic N) is 3. The van der Waals surface area contributed by atoms with Gasteiger partial charge in [0.25, 0.3) is 11.2 Å². The Morgan fingerprint density at radius 1 is 1.04 bits per heavy atom. The minimum absolute atomic E-state index is 0.123. The fraction of sp³-hybridized carbons (Fsp3) is 0.258. The lowest BCUT2D eigenvalue weighted by Gasteiger charge is -2.26. The van der Waals surface area contributed by atoms with Crippen LogP contribution in [0.25, 0.3) is 17.4 Å². The molecule has 0 N–H and O–H groups in total. The summed E-state index contributed by atoms with van der Waals surface area (Å²) in [5.41, 5.74) is 1.06. The van der Waals surface area contributed by atoms with Crippen LogP contribution >= 0.6 is 11.3 Å². The van der Waals surface area contributed by atoms with E-state index in [4.69, 9.17) is 28.1 Å². The Kier molecular flexibility index (Phi) is 8.77. The third kappa shape index (κ3) is 5.67. The quantitative estimate of drug-likeness (QED) is 0.142. The van der Waals surface area contributed by atoms with Crippen LogP contribution in [0.1, 0.15) is 31.2 Å². The third-order valence-corrected chi connectivity index (χ3v) is 8.06. The molecule has 1 aliphatic rings. The second kappa shape index (κ2) is 12.7. The molecule has 45 heavy (non-hydrogen) atoms. The van der Waals surface area contributed by atoms with E-state index >= 15 is 0 Å². The van der Waals surface area contributed by atoms with Gasteiger partial charge in [0.05, 0.1) is 73.4 Å². The minimum atomic E-state index is -0.923. The number of methoxy groups -OCH3 is 4. The van der Waals surface area contributed by atoms with Crippen LogP contribution in [0.3, 0.4) is 0 Å². The van der Waals surface area contributed by atoms with E-state index in [9.17, 15) is 19.7 Å². The molecule has 1 aliphatic heterocycles. The SMILES string of the molecule is CCOC(=O)C1=C(C)N=c2s/c(=C\c3ccc(-c4ccc([N+](=O)[O-])cc4OC)o3)c(=O)n2[C@@H]1c1cc(OC)c(OC)c(OC)c1. The zero-order valence-corrected chi connectivity index (χ0v) is 26.1. The molecule has 0 saturated carbocycles. The first-order chi connectivity index (χ1) is 21.6. The number of hydrogen-bond donors (Lipinski definition) is 0. The maximum absolute atomic E-state index is 14.0. The van der Waals surface area contributed by atoms with E-state index in [2.05, 4.69) is 4.99 Å². The lowest BCUT2D eigenvalue weighted by molar-refractivity contribution is -0.384. The molecule has 2 aromatic carbocycles. The molecule has 0 unspecified atom stereocenters. The maximum Gasteiger partial charge on any atom is 0.338 e. The van der Waals surface area contributed by atoms with Gasteiger partial charge in [0, 0.05) is 12.1 Å². The highest BCUT2D eigenvalue weighted by molar-refractivity contribution is 7.07. The van der Waals surface area contributed by atoms with Gasteiger partial charge in [-0.25, -0.2) is 9.79 Å². The molecule has 5 rings (SSSR count). The number of furan rings is 1.